The van der Waals surface area contributed by atoms with E-state index in [4.69, 9.17) is 4.74 Å². The second-order valence-electron chi connectivity index (χ2n) is 5.93. The number of benzene rings is 1. The van der Waals surface area contributed by atoms with Crippen molar-refractivity contribution in [2.45, 2.75) is 6.92 Å². The summed E-state index contributed by atoms with van der Waals surface area (Å²) in [6, 6.07) is 6.14. The number of piperazine rings is 1. The lowest BCUT2D eigenvalue weighted by atomic mass is 10.2. The maximum atomic E-state index is 13.0. The Hall–Kier alpha value is -2.74. The molecule has 0 unspecified atom stereocenters. The van der Waals surface area contributed by atoms with Gasteiger partial charge in [-0.1, -0.05) is 0 Å². The highest BCUT2D eigenvalue weighted by atomic mass is 32.1. The highest BCUT2D eigenvalue weighted by molar-refractivity contribution is 7.13. The van der Waals surface area contributed by atoms with Crippen LogP contribution in [0.15, 0.2) is 35.7 Å². The van der Waals surface area contributed by atoms with Gasteiger partial charge in [0.25, 0.3) is 0 Å². The molecule has 0 atom stereocenters. The van der Waals surface area contributed by atoms with E-state index in [0.29, 0.717) is 38.5 Å². The molecule has 2 amide bonds. The average Bonchev–Trinajstić information content (AvgIpc) is 3.16. The maximum absolute atomic E-state index is 13.0. The fraction of sp³-hybridized carbons (Fsp3) is 0.316. The number of carbonyl (C=O) groups excluding carboxylic acids is 2. The molecule has 0 N–H and O–H groups in total. The van der Waals surface area contributed by atoms with Gasteiger partial charge in [-0.25, -0.2) is 14.2 Å². The zero-order valence-electron chi connectivity index (χ0n) is 14.9. The molecule has 1 fully saturated rings. The predicted molar refractivity (Wildman–Crippen MR) is 102 cm³/mol. The van der Waals surface area contributed by atoms with Gasteiger partial charge < -0.3 is 14.5 Å². The van der Waals surface area contributed by atoms with Gasteiger partial charge in [-0.05, 0) is 37.3 Å². The van der Waals surface area contributed by atoms with E-state index < -0.39 is 0 Å². The minimum Gasteiger partial charge on any atom is -0.450 e. The number of hydrogen-bond acceptors (Lipinski definition) is 5. The van der Waals surface area contributed by atoms with Crippen molar-refractivity contribution in [3.8, 4) is 10.6 Å². The van der Waals surface area contributed by atoms with E-state index in [9.17, 15) is 14.0 Å². The van der Waals surface area contributed by atoms with Crippen molar-refractivity contribution < 1.29 is 18.7 Å². The van der Waals surface area contributed by atoms with Gasteiger partial charge in [0.05, 0.1) is 12.3 Å². The average molecular weight is 389 g/mol. The van der Waals surface area contributed by atoms with E-state index in [2.05, 4.69) is 4.98 Å². The maximum Gasteiger partial charge on any atom is 0.409 e. The summed E-state index contributed by atoms with van der Waals surface area (Å²) >= 11 is 1.44. The molecule has 1 aromatic carbocycles. The zero-order valence-corrected chi connectivity index (χ0v) is 15.7. The van der Waals surface area contributed by atoms with Crippen LogP contribution >= 0.6 is 11.3 Å². The van der Waals surface area contributed by atoms with Gasteiger partial charge in [0.1, 0.15) is 10.8 Å². The summed E-state index contributed by atoms with van der Waals surface area (Å²) in [7, 11) is 0. The molecule has 27 heavy (non-hydrogen) atoms. The molecule has 2 heterocycles. The van der Waals surface area contributed by atoms with Crippen molar-refractivity contribution in [2.24, 2.45) is 0 Å². The monoisotopic (exact) mass is 389 g/mol. The summed E-state index contributed by atoms with van der Waals surface area (Å²) in [5, 5.41) is 2.62. The van der Waals surface area contributed by atoms with Gasteiger partial charge in [0.2, 0.25) is 5.91 Å². The van der Waals surface area contributed by atoms with Crippen LogP contribution in [0.2, 0.25) is 0 Å². The molecule has 8 heteroatoms. The molecule has 142 valence electrons. The van der Waals surface area contributed by atoms with Gasteiger partial charge in [-0.15, -0.1) is 11.3 Å². The summed E-state index contributed by atoms with van der Waals surface area (Å²) in [4.78, 5) is 31.8. The molecule has 0 saturated carbocycles. The lowest BCUT2D eigenvalue weighted by Gasteiger charge is -2.33. The zero-order chi connectivity index (χ0) is 19.2. The van der Waals surface area contributed by atoms with E-state index in [0.717, 1.165) is 10.6 Å². The Morgan fingerprint density at radius 2 is 1.85 bits per heavy atom. The first-order valence-corrected chi connectivity index (χ1v) is 9.55. The first-order chi connectivity index (χ1) is 13.1. The molecule has 0 bridgehead atoms. The number of ether oxygens (including phenoxy) is 1. The molecule has 6 nitrogen and oxygen atoms in total. The second-order valence-corrected chi connectivity index (χ2v) is 6.79. The largest absolute Gasteiger partial charge is 0.450 e. The van der Waals surface area contributed by atoms with Crippen LogP contribution in [-0.4, -0.2) is 59.6 Å². The van der Waals surface area contributed by atoms with E-state index in [1.807, 2.05) is 5.38 Å². The van der Waals surface area contributed by atoms with Gasteiger partial charge in [0.15, 0.2) is 0 Å². The number of amides is 2. The van der Waals surface area contributed by atoms with E-state index in [1.54, 1.807) is 34.9 Å². The van der Waals surface area contributed by atoms with Crippen molar-refractivity contribution in [3.05, 3.63) is 47.2 Å². The Kier molecular flexibility index (Phi) is 6.18. The third-order valence-corrected chi connectivity index (χ3v) is 5.04. The van der Waals surface area contributed by atoms with Crippen molar-refractivity contribution in [1.82, 2.24) is 14.8 Å². The fourth-order valence-electron chi connectivity index (χ4n) is 2.67. The summed E-state index contributed by atoms with van der Waals surface area (Å²) < 4.78 is 18.0. The molecule has 0 radical (unpaired) electrons. The summed E-state index contributed by atoms with van der Waals surface area (Å²) in [5.74, 6) is -0.404. The second kappa shape index (κ2) is 8.77. The number of nitrogens with zero attached hydrogens (tertiary/aromatic N) is 3. The smallest absolute Gasteiger partial charge is 0.409 e. The van der Waals surface area contributed by atoms with Gasteiger partial charge in [-0.2, -0.15) is 0 Å². The van der Waals surface area contributed by atoms with Crippen LogP contribution in [0.4, 0.5) is 9.18 Å². The highest BCUT2D eigenvalue weighted by Gasteiger charge is 2.23. The molecule has 1 saturated heterocycles. The Morgan fingerprint density at radius 3 is 2.52 bits per heavy atom. The first kappa shape index (κ1) is 19.0. The third kappa shape index (κ3) is 4.91. The molecule has 1 aromatic heterocycles. The summed E-state index contributed by atoms with van der Waals surface area (Å²) in [5.41, 5.74) is 1.51. The van der Waals surface area contributed by atoms with Gasteiger partial charge in [-0.3, -0.25) is 4.79 Å². The molecule has 3 rings (SSSR count). The minimum absolute atomic E-state index is 0.116. The number of carbonyl (C=O) groups is 2. The molecular weight excluding hydrogens is 369 g/mol. The van der Waals surface area contributed by atoms with Gasteiger partial charge in [0, 0.05) is 43.2 Å². The SMILES string of the molecule is CCOC(=O)N1CCN(C(=O)/C=C/c2csc(-c3ccc(F)cc3)n2)CC1. The Bertz CT molecular complexity index is 827. The van der Waals surface area contributed by atoms with Crippen LogP contribution in [0.3, 0.4) is 0 Å². The van der Waals surface area contributed by atoms with E-state index >= 15 is 0 Å². The normalized spacial score (nSPS) is 14.6. The molecule has 1 aliphatic rings. The van der Waals surface area contributed by atoms with E-state index in [-0.39, 0.29) is 17.8 Å². The van der Waals surface area contributed by atoms with Gasteiger partial charge >= 0.3 is 6.09 Å². The molecule has 0 aliphatic carbocycles. The minimum atomic E-state index is -0.337. The third-order valence-electron chi connectivity index (χ3n) is 4.13. The molecular formula is C19H20FN3O3S. The number of halogens is 1. The van der Waals surface area contributed by atoms with Crippen LogP contribution in [0.5, 0.6) is 0 Å². The standard InChI is InChI=1S/C19H20FN3O3S/c1-2-26-19(25)23-11-9-22(10-12-23)17(24)8-7-16-13-27-18(21-16)14-3-5-15(20)6-4-14/h3-8,13H,2,9-12H2,1H3/b8-7+. The lowest BCUT2D eigenvalue weighted by Crippen LogP contribution is -2.50. The van der Waals surface area contributed by atoms with Crippen LogP contribution in [-0.2, 0) is 9.53 Å². The highest BCUT2D eigenvalue weighted by Crippen LogP contribution is 2.24. The number of rotatable bonds is 4. The van der Waals surface area contributed by atoms with Crippen molar-refractivity contribution >= 4 is 29.4 Å². The fourth-order valence-corrected chi connectivity index (χ4v) is 3.47. The quantitative estimate of drug-likeness (QED) is 0.753. The Balaban J connectivity index is 1.55. The first-order valence-electron chi connectivity index (χ1n) is 8.67. The lowest BCUT2D eigenvalue weighted by molar-refractivity contribution is -0.127. The molecule has 1 aliphatic heterocycles. The van der Waals surface area contributed by atoms with Crippen LogP contribution in [0.25, 0.3) is 16.6 Å². The number of aromatic nitrogens is 1. The number of hydrogen-bond donors (Lipinski definition) is 0. The molecule has 2 aromatic rings. The van der Waals surface area contributed by atoms with Crippen molar-refractivity contribution in [3.63, 3.8) is 0 Å². The van der Waals surface area contributed by atoms with Crippen LogP contribution in [0.1, 0.15) is 12.6 Å². The van der Waals surface area contributed by atoms with Crippen LogP contribution in [0, 0.1) is 5.82 Å². The number of thiazole rings is 1. The predicted octanol–water partition coefficient (Wildman–Crippen LogP) is 3.26. The summed E-state index contributed by atoms with van der Waals surface area (Å²) in [6.07, 6.45) is 2.82. The van der Waals surface area contributed by atoms with Crippen molar-refractivity contribution in [2.75, 3.05) is 32.8 Å². The van der Waals surface area contributed by atoms with Crippen molar-refractivity contribution in [1.29, 1.82) is 0 Å². The summed E-state index contributed by atoms with van der Waals surface area (Å²) in [6.45, 7) is 3.98. The Morgan fingerprint density at radius 1 is 1.19 bits per heavy atom. The molecule has 0 spiro atoms. The van der Waals surface area contributed by atoms with E-state index in [1.165, 1.54) is 29.5 Å². The topological polar surface area (TPSA) is 62.7 Å². The Labute approximate surface area is 160 Å². The van der Waals surface area contributed by atoms with Crippen LogP contribution < -0.4 is 0 Å².